The zero-order valence-corrected chi connectivity index (χ0v) is 11.1. The molecule has 0 amide bonds. The molecule has 0 N–H and O–H groups in total. The third kappa shape index (κ3) is 2.37. The Labute approximate surface area is 115 Å². The number of ether oxygens (including phenoxy) is 1. The first-order chi connectivity index (χ1) is 9.24. The predicted molar refractivity (Wildman–Crippen MR) is 75.8 cm³/mol. The van der Waals surface area contributed by atoms with Crippen molar-refractivity contribution >= 4 is 22.4 Å². The lowest BCUT2D eigenvalue weighted by atomic mass is 10.1. The van der Waals surface area contributed by atoms with Crippen molar-refractivity contribution in [3.63, 3.8) is 0 Å². The molecule has 19 heavy (non-hydrogen) atoms. The first kappa shape index (κ1) is 11.9. The van der Waals surface area contributed by atoms with Crippen molar-refractivity contribution in [3.05, 3.63) is 59.2 Å². The smallest absolute Gasteiger partial charge is 0.246 e. The number of halogens is 1. The fourth-order valence-corrected chi connectivity index (χ4v) is 2.03. The highest BCUT2D eigenvalue weighted by Crippen LogP contribution is 2.28. The number of aromatic nitrogens is 2. The van der Waals surface area contributed by atoms with Gasteiger partial charge in [-0.3, -0.25) is 0 Å². The van der Waals surface area contributed by atoms with E-state index in [4.69, 9.17) is 16.3 Å². The zero-order chi connectivity index (χ0) is 13.2. The molecule has 3 aromatic rings. The van der Waals surface area contributed by atoms with Crippen LogP contribution in [0, 0.1) is 6.92 Å². The lowest BCUT2D eigenvalue weighted by Crippen LogP contribution is -1.94. The average molecular weight is 271 g/mol. The second-order valence-electron chi connectivity index (χ2n) is 4.19. The maximum absolute atomic E-state index is 5.85. The third-order valence-corrected chi connectivity index (χ3v) is 3.12. The summed E-state index contributed by atoms with van der Waals surface area (Å²) in [5, 5.41) is 10.9. The lowest BCUT2D eigenvalue weighted by Gasteiger charge is -2.08. The van der Waals surface area contributed by atoms with Crippen LogP contribution in [0.15, 0.2) is 48.5 Å². The summed E-state index contributed by atoms with van der Waals surface area (Å²) in [6.45, 7) is 1.93. The van der Waals surface area contributed by atoms with Crippen LogP contribution in [-0.4, -0.2) is 10.2 Å². The van der Waals surface area contributed by atoms with Crippen LogP contribution in [0.3, 0.4) is 0 Å². The minimum absolute atomic E-state index is 0.503. The van der Waals surface area contributed by atoms with Gasteiger partial charge in [0.25, 0.3) is 0 Å². The van der Waals surface area contributed by atoms with E-state index in [1.54, 1.807) is 24.3 Å². The van der Waals surface area contributed by atoms with Crippen LogP contribution in [0.5, 0.6) is 11.6 Å². The maximum Gasteiger partial charge on any atom is 0.246 e. The molecule has 0 aliphatic rings. The van der Waals surface area contributed by atoms with Crippen molar-refractivity contribution in [2.75, 3.05) is 0 Å². The lowest BCUT2D eigenvalue weighted by molar-refractivity contribution is 0.461. The van der Waals surface area contributed by atoms with Gasteiger partial charge in [0.05, 0.1) is 5.69 Å². The van der Waals surface area contributed by atoms with E-state index >= 15 is 0 Å². The maximum atomic E-state index is 5.85. The molecule has 0 spiro atoms. The summed E-state index contributed by atoms with van der Waals surface area (Å²) < 4.78 is 5.77. The van der Waals surface area contributed by atoms with Gasteiger partial charge < -0.3 is 4.74 Å². The number of benzene rings is 2. The van der Waals surface area contributed by atoms with Crippen molar-refractivity contribution in [2.45, 2.75) is 6.92 Å². The number of rotatable bonds is 2. The molecule has 0 atom stereocenters. The van der Waals surface area contributed by atoms with Gasteiger partial charge in [-0.05, 0) is 37.3 Å². The highest BCUT2D eigenvalue weighted by Gasteiger charge is 2.08. The van der Waals surface area contributed by atoms with Crippen LogP contribution in [0.4, 0.5) is 0 Å². The number of hydrogen-bond donors (Lipinski definition) is 0. The van der Waals surface area contributed by atoms with Crippen molar-refractivity contribution in [1.29, 1.82) is 0 Å². The van der Waals surface area contributed by atoms with Gasteiger partial charge >= 0.3 is 0 Å². The molecule has 3 nitrogen and oxygen atoms in total. The average Bonchev–Trinajstić information content (AvgIpc) is 2.45. The molecule has 0 fully saturated rings. The normalized spacial score (nSPS) is 10.6. The summed E-state index contributed by atoms with van der Waals surface area (Å²) in [6.07, 6.45) is 0. The molecule has 2 aromatic carbocycles. The molecule has 1 aromatic heterocycles. The monoisotopic (exact) mass is 270 g/mol. The fourth-order valence-electron chi connectivity index (χ4n) is 1.90. The fraction of sp³-hybridized carbons (Fsp3) is 0.0667. The van der Waals surface area contributed by atoms with Gasteiger partial charge in [0.2, 0.25) is 5.88 Å². The molecule has 4 heteroatoms. The van der Waals surface area contributed by atoms with E-state index in [2.05, 4.69) is 10.2 Å². The molecular weight excluding hydrogens is 260 g/mol. The Morgan fingerprint density at radius 2 is 1.58 bits per heavy atom. The van der Waals surface area contributed by atoms with Gasteiger partial charge in [-0.1, -0.05) is 29.8 Å². The van der Waals surface area contributed by atoms with Crippen molar-refractivity contribution in [2.24, 2.45) is 0 Å². The van der Waals surface area contributed by atoms with Crippen LogP contribution in [0.1, 0.15) is 5.69 Å². The van der Waals surface area contributed by atoms with Gasteiger partial charge in [0.15, 0.2) is 0 Å². The molecule has 1 heterocycles. The predicted octanol–water partition coefficient (Wildman–Crippen LogP) is 4.38. The van der Waals surface area contributed by atoms with Crippen molar-refractivity contribution < 1.29 is 4.74 Å². The molecule has 0 aliphatic carbocycles. The largest absolute Gasteiger partial charge is 0.437 e. The Morgan fingerprint density at radius 3 is 2.32 bits per heavy atom. The topological polar surface area (TPSA) is 35.0 Å². The van der Waals surface area contributed by atoms with Crippen LogP contribution < -0.4 is 4.74 Å². The van der Waals surface area contributed by atoms with Crippen molar-refractivity contribution in [1.82, 2.24) is 10.2 Å². The van der Waals surface area contributed by atoms with E-state index in [0.717, 1.165) is 16.5 Å². The van der Waals surface area contributed by atoms with E-state index in [-0.39, 0.29) is 0 Å². The first-order valence-corrected chi connectivity index (χ1v) is 6.27. The quantitative estimate of drug-likeness (QED) is 0.693. The van der Waals surface area contributed by atoms with Gasteiger partial charge in [-0.25, -0.2) is 0 Å². The zero-order valence-electron chi connectivity index (χ0n) is 10.3. The van der Waals surface area contributed by atoms with Crippen LogP contribution in [0.2, 0.25) is 5.02 Å². The molecule has 0 saturated carbocycles. The van der Waals surface area contributed by atoms with Gasteiger partial charge in [-0.2, -0.15) is 5.10 Å². The minimum Gasteiger partial charge on any atom is -0.437 e. The van der Waals surface area contributed by atoms with E-state index in [0.29, 0.717) is 16.7 Å². The van der Waals surface area contributed by atoms with E-state index < -0.39 is 0 Å². The molecule has 0 aliphatic heterocycles. The first-order valence-electron chi connectivity index (χ1n) is 5.89. The molecule has 3 rings (SSSR count). The summed E-state index contributed by atoms with van der Waals surface area (Å²) in [5.74, 6) is 1.19. The Kier molecular flexibility index (Phi) is 3.05. The summed E-state index contributed by atoms with van der Waals surface area (Å²) in [7, 11) is 0. The number of hydrogen-bond acceptors (Lipinski definition) is 3. The van der Waals surface area contributed by atoms with Gasteiger partial charge in [-0.15, -0.1) is 5.10 Å². The van der Waals surface area contributed by atoms with Crippen molar-refractivity contribution in [3.8, 4) is 11.6 Å². The van der Waals surface area contributed by atoms with Crippen LogP contribution in [0.25, 0.3) is 10.8 Å². The van der Waals surface area contributed by atoms with Gasteiger partial charge in [0, 0.05) is 15.8 Å². The third-order valence-electron chi connectivity index (χ3n) is 2.87. The standard InChI is InChI=1S/C15H11ClN2O/c1-10-13-4-2-3-5-14(13)15(18-17-10)19-12-8-6-11(16)7-9-12/h2-9H,1H3. The number of fused-ring (bicyclic) bond motifs is 1. The molecule has 0 saturated heterocycles. The summed E-state index contributed by atoms with van der Waals surface area (Å²) >= 11 is 5.85. The minimum atomic E-state index is 0.503. The Hall–Kier alpha value is -2.13. The highest BCUT2D eigenvalue weighted by atomic mass is 35.5. The van der Waals surface area contributed by atoms with Crippen LogP contribution >= 0.6 is 11.6 Å². The Bertz CT molecular complexity index is 726. The highest BCUT2D eigenvalue weighted by molar-refractivity contribution is 6.30. The molecule has 0 bridgehead atoms. The Morgan fingerprint density at radius 1 is 0.895 bits per heavy atom. The second-order valence-corrected chi connectivity index (χ2v) is 4.63. The van der Waals surface area contributed by atoms with E-state index in [1.165, 1.54) is 0 Å². The van der Waals surface area contributed by atoms with E-state index in [1.807, 2.05) is 31.2 Å². The summed E-state index contributed by atoms with van der Waals surface area (Å²) in [6, 6.07) is 15.1. The summed E-state index contributed by atoms with van der Waals surface area (Å²) in [4.78, 5) is 0. The number of aryl methyl sites for hydroxylation is 1. The van der Waals surface area contributed by atoms with Gasteiger partial charge in [0.1, 0.15) is 5.75 Å². The molecular formula is C15H11ClN2O. The summed E-state index contributed by atoms with van der Waals surface area (Å²) in [5.41, 5.74) is 0.888. The number of nitrogens with zero attached hydrogens (tertiary/aromatic N) is 2. The molecule has 94 valence electrons. The SMILES string of the molecule is Cc1nnc(Oc2ccc(Cl)cc2)c2ccccc12. The second kappa shape index (κ2) is 4.86. The van der Waals surface area contributed by atoms with E-state index in [9.17, 15) is 0 Å². The van der Waals surface area contributed by atoms with Crippen LogP contribution in [-0.2, 0) is 0 Å². The Balaban J connectivity index is 2.06. The molecule has 0 unspecified atom stereocenters. The molecule has 0 radical (unpaired) electrons.